The van der Waals surface area contributed by atoms with Crippen LogP contribution in [0.1, 0.15) is 77.1 Å². The van der Waals surface area contributed by atoms with E-state index in [0.29, 0.717) is 5.56 Å². The van der Waals surface area contributed by atoms with E-state index in [1.807, 2.05) is 39.8 Å². The second kappa shape index (κ2) is 14.3. The van der Waals surface area contributed by atoms with Gasteiger partial charge in [0, 0.05) is 12.6 Å². The lowest BCUT2D eigenvalue weighted by atomic mass is 9.96. The van der Waals surface area contributed by atoms with Crippen LogP contribution in [0.25, 0.3) is 0 Å². The van der Waals surface area contributed by atoms with Crippen LogP contribution in [0.3, 0.4) is 0 Å². The summed E-state index contributed by atoms with van der Waals surface area (Å²) in [4.78, 5) is 52.4. The molecule has 3 amide bonds. The Balaban J connectivity index is 3.36. The number of nitrogens with zero attached hydrogens (tertiary/aromatic N) is 1. The van der Waals surface area contributed by atoms with E-state index < -0.39 is 41.6 Å². The summed E-state index contributed by atoms with van der Waals surface area (Å²) < 4.78 is 10.2. The minimum Gasteiger partial charge on any atom is -0.466 e. The third-order valence-electron chi connectivity index (χ3n) is 5.23. The van der Waals surface area contributed by atoms with E-state index in [1.165, 1.54) is 0 Å². The van der Waals surface area contributed by atoms with E-state index >= 15 is 0 Å². The number of carbonyl (C=O) groups excluding carboxylic acids is 4. The van der Waals surface area contributed by atoms with Gasteiger partial charge in [0.15, 0.2) is 0 Å². The summed E-state index contributed by atoms with van der Waals surface area (Å²) in [6.45, 7) is 14.6. The molecule has 0 heterocycles. The van der Waals surface area contributed by atoms with Crippen LogP contribution in [0.15, 0.2) is 18.2 Å². The zero-order valence-electron chi connectivity index (χ0n) is 23.3. The van der Waals surface area contributed by atoms with Gasteiger partial charge in [0.2, 0.25) is 5.91 Å². The molecule has 2 N–H and O–H groups in total. The summed E-state index contributed by atoms with van der Waals surface area (Å²) >= 11 is 0. The molecule has 204 valence electrons. The number of alkyl carbamates (subject to hydrolysis) is 1. The van der Waals surface area contributed by atoms with Crippen molar-refractivity contribution in [2.45, 2.75) is 85.9 Å². The van der Waals surface area contributed by atoms with Crippen molar-refractivity contribution in [3.05, 3.63) is 34.9 Å². The molecule has 37 heavy (non-hydrogen) atoms. The van der Waals surface area contributed by atoms with Crippen molar-refractivity contribution in [2.24, 2.45) is 5.92 Å². The number of rotatable bonds is 11. The van der Waals surface area contributed by atoms with Crippen molar-refractivity contribution in [3.8, 4) is 12.5 Å². The first kappa shape index (κ1) is 31.5. The SMILES string of the molecule is C#CN(C(=O)C(CC(C)C)NC(=O)OC(C)(C)C)C(C(=O)NCCC(=O)OCC)c1ccc(C)cc1C. The van der Waals surface area contributed by atoms with Crippen molar-refractivity contribution >= 4 is 23.9 Å². The van der Waals surface area contributed by atoms with Crippen molar-refractivity contribution in [1.82, 2.24) is 15.5 Å². The Hall–Kier alpha value is -3.54. The number of nitrogens with one attached hydrogen (secondary N) is 2. The second-order valence-corrected chi connectivity index (χ2v) is 10.3. The van der Waals surface area contributed by atoms with Gasteiger partial charge in [0.25, 0.3) is 5.91 Å². The number of aryl methyl sites for hydroxylation is 2. The van der Waals surface area contributed by atoms with Crippen LogP contribution < -0.4 is 10.6 Å². The number of amides is 3. The van der Waals surface area contributed by atoms with Gasteiger partial charge in [0.05, 0.1) is 13.0 Å². The van der Waals surface area contributed by atoms with Crippen molar-refractivity contribution < 1.29 is 28.7 Å². The maximum absolute atomic E-state index is 13.7. The van der Waals surface area contributed by atoms with Crippen LogP contribution in [-0.4, -0.2) is 53.6 Å². The number of ether oxygens (including phenoxy) is 2. The highest BCUT2D eigenvalue weighted by atomic mass is 16.6. The lowest BCUT2D eigenvalue weighted by molar-refractivity contribution is -0.143. The quantitative estimate of drug-likeness (QED) is 0.263. The fourth-order valence-corrected chi connectivity index (χ4v) is 3.72. The molecule has 0 saturated carbocycles. The van der Waals surface area contributed by atoms with Crippen LogP contribution in [0.4, 0.5) is 4.79 Å². The molecule has 0 radical (unpaired) electrons. The van der Waals surface area contributed by atoms with E-state index in [0.717, 1.165) is 16.0 Å². The highest BCUT2D eigenvalue weighted by Gasteiger charge is 2.36. The first-order chi connectivity index (χ1) is 17.2. The van der Waals surface area contributed by atoms with Crippen LogP contribution in [0.5, 0.6) is 0 Å². The van der Waals surface area contributed by atoms with E-state index in [9.17, 15) is 19.2 Å². The highest BCUT2D eigenvalue weighted by Crippen LogP contribution is 2.26. The molecule has 2 unspecified atom stereocenters. The first-order valence-electron chi connectivity index (χ1n) is 12.5. The number of esters is 1. The summed E-state index contributed by atoms with van der Waals surface area (Å²) in [6, 6.07) is 5.61. The molecule has 0 fully saturated rings. The van der Waals surface area contributed by atoms with Gasteiger partial charge in [0.1, 0.15) is 17.7 Å². The molecule has 0 spiro atoms. The van der Waals surface area contributed by atoms with Crippen molar-refractivity contribution in [1.29, 1.82) is 0 Å². The van der Waals surface area contributed by atoms with Gasteiger partial charge in [-0.05, 0) is 65.0 Å². The van der Waals surface area contributed by atoms with Gasteiger partial charge in [-0.2, -0.15) is 0 Å². The average Bonchev–Trinajstić information content (AvgIpc) is 2.75. The Bertz CT molecular complexity index is 1010. The fourth-order valence-electron chi connectivity index (χ4n) is 3.72. The van der Waals surface area contributed by atoms with E-state index in [4.69, 9.17) is 15.9 Å². The summed E-state index contributed by atoms with van der Waals surface area (Å²) in [5.41, 5.74) is 1.51. The number of carbonyl (C=O) groups is 4. The van der Waals surface area contributed by atoms with Gasteiger partial charge in [-0.1, -0.05) is 44.0 Å². The molecule has 1 aromatic carbocycles. The molecule has 0 aliphatic rings. The number of benzene rings is 1. The summed E-state index contributed by atoms with van der Waals surface area (Å²) in [5, 5.41) is 5.31. The average molecular weight is 516 g/mol. The highest BCUT2D eigenvalue weighted by molar-refractivity contribution is 5.93. The zero-order chi connectivity index (χ0) is 28.3. The maximum Gasteiger partial charge on any atom is 0.408 e. The molecule has 1 aromatic rings. The molecule has 0 bridgehead atoms. The van der Waals surface area contributed by atoms with Crippen LogP contribution >= 0.6 is 0 Å². The van der Waals surface area contributed by atoms with Gasteiger partial charge in [-0.25, -0.2) is 4.79 Å². The molecular formula is C28H41N3O6. The van der Waals surface area contributed by atoms with Gasteiger partial charge >= 0.3 is 12.1 Å². The monoisotopic (exact) mass is 515 g/mol. The smallest absolute Gasteiger partial charge is 0.408 e. The van der Waals surface area contributed by atoms with E-state index in [1.54, 1.807) is 33.8 Å². The van der Waals surface area contributed by atoms with E-state index in [-0.39, 0.29) is 31.9 Å². The largest absolute Gasteiger partial charge is 0.466 e. The third-order valence-corrected chi connectivity index (χ3v) is 5.23. The molecule has 2 atom stereocenters. The Labute approximate surface area is 220 Å². The molecule has 1 rings (SSSR count). The first-order valence-corrected chi connectivity index (χ1v) is 12.5. The van der Waals surface area contributed by atoms with Crippen LogP contribution in [0, 0.1) is 32.2 Å². The third kappa shape index (κ3) is 10.5. The Kier molecular flexibility index (Phi) is 12.1. The number of hydrogen-bond acceptors (Lipinski definition) is 6. The molecule has 9 heteroatoms. The molecule has 0 aliphatic heterocycles. The normalized spacial score (nSPS) is 12.6. The van der Waals surface area contributed by atoms with Crippen molar-refractivity contribution in [3.63, 3.8) is 0 Å². The molecule has 0 saturated heterocycles. The van der Waals surface area contributed by atoms with Crippen LogP contribution in [0.2, 0.25) is 0 Å². The predicted molar refractivity (Wildman–Crippen MR) is 141 cm³/mol. The van der Waals surface area contributed by atoms with Crippen molar-refractivity contribution in [2.75, 3.05) is 13.2 Å². The molecule has 0 aliphatic carbocycles. The Morgan fingerprint density at radius 2 is 1.78 bits per heavy atom. The van der Waals surface area contributed by atoms with Gasteiger partial charge in [-0.15, -0.1) is 0 Å². The van der Waals surface area contributed by atoms with Gasteiger partial charge in [-0.3, -0.25) is 19.3 Å². The van der Waals surface area contributed by atoms with Gasteiger partial charge < -0.3 is 20.1 Å². The number of terminal acetylenes is 1. The lowest BCUT2D eigenvalue weighted by Crippen LogP contribution is -2.52. The minimum atomic E-state index is -1.18. The van der Waals surface area contributed by atoms with Crippen LogP contribution in [-0.2, 0) is 23.9 Å². The maximum atomic E-state index is 13.7. The summed E-state index contributed by atoms with van der Waals surface area (Å²) in [5.74, 6) is -1.59. The lowest BCUT2D eigenvalue weighted by Gasteiger charge is -2.31. The summed E-state index contributed by atoms with van der Waals surface area (Å²) in [7, 11) is 0. The predicted octanol–water partition coefficient (Wildman–Crippen LogP) is 3.77. The summed E-state index contributed by atoms with van der Waals surface area (Å²) in [6.07, 6.45) is 5.30. The molecule has 0 aromatic heterocycles. The molecular weight excluding hydrogens is 474 g/mol. The minimum absolute atomic E-state index is 0.0112. The number of hydrogen-bond donors (Lipinski definition) is 2. The second-order valence-electron chi connectivity index (χ2n) is 10.3. The fraction of sp³-hybridized carbons (Fsp3) is 0.571. The standard InChI is InChI=1S/C28H41N3O6/c1-10-31(26(34)22(16-18(3)4)30-27(35)37-28(7,8)9)24(21-13-12-19(5)17-20(21)6)25(33)29-15-14-23(32)36-11-2/h1,12-13,17-18,22,24H,11,14-16H2,2-9H3,(H,29,33)(H,30,35). The Morgan fingerprint density at radius 3 is 2.30 bits per heavy atom. The topological polar surface area (TPSA) is 114 Å². The van der Waals surface area contributed by atoms with E-state index in [2.05, 4.69) is 16.7 Å². The zero-order valence-corrected chi connectivity index (χ0v) is 23.3. The molecule has 9 nitrogen and oxygen atoms in total. The Morgan fingerprint density at radius 1 is 1.14 bits per heavy atom.